The highest BCUT2D eigenvalue weighted by Crippen LogP contribution is 2.20. The fourth-order valence-electron chi connectivity index (χ4n) is 2.14. The first-order valence-electron chi connectivity index (χ1n) is 5.99. The summed E-state index contributed by atoms with van der Waals surface area (Å²) in [4.78, 5) is 0. The van der Waals surface area contributed by atoms with Gasteiger partial charge in [0.15, 0.2) is 0 Å². The zero-order valence-electron chi connectivity index (χ0n) is 9.97. The minimum Gasteiger partial charge on any atom is -0.0950 e. The molecular weight excluding hydrogens is 383 g/mol. The molecule has 0 unspecified atom stereocenters. The van der Waals surface area contributed by atoms with Crippen LogP contribution in [0.2, 0.25) is 0 Å². The molecule has 0 atom stereocenters. The van der Waals surface area contributed by atoms with Gasteiger partial charge in [-0.2, -0.15) is 0 Å². The lowest BCUT2D eigenvalue weighted by Gasteiger charge is -1.86. The van der Waals surface area contributed by atoms with Crippen LogP contribution in [-0.4, -0.2) is 0 Å². The minimum absolute atomic E-state index is 0.0635. The van der Waals surface area contributed by atoms with Crippen molar-refractivity contribution < 1.29 is 21.2 Å². The molecule has 92 valence electrons. The van der Waals surface area contributed by atoms with Crippen molar-refractivity contribution in [1.82, 2.24) is 0 Å². The second-order valence-electron chi connectivity index (χ2n) is 4.29. The summed E-state index contributed by atoms with van der Waals surface area (Å²) in [5.41, 5.74) is 0. The second-order valence-corrected chi connectivity index (χ2v) is 10.2. The highest BCUT2D eigenvalue weighted by molar-refractivity contribution is 7.09. The van der Waals surface area contributed by atoms with Crippen molar-refractivity contribution in [2.24, 2.45) is 0 Å². The predicted molar refractivity (Wildman–Crippen MR) is 81.0 cm³/mol. The molecule has 0 saturated carbocycles. The van der Waals surface area contributed by atoms with Crippen molar-refractivity contribution >= 4 is 44.2 Å². The molecule has 2 aromatic heterocycles. The van der Waals surface area contributed by atoms with Crippen LogP contribution in [0.3, 0.4) is 0 Å². The van der Waals surface area contributed by atoms with Gasteiger partial charge in [-0.25, -0.2) is 0 Å². The van der Waals surface area contributed by atoms with Gasteiger partial charge < -0.3 is 0 Å². The van der Waals surface area contributed by atoms with Crippen LogP contribution in [0.1, 0.15) is 0 Å². The zero-order valence-corrected chi connectivity index (χ0v) is 13.8. The Bertz CT molecular complexity index is 785. The lowest BCUT2D eigenvalue weighted by atomic mass is 10.2. The first-order chi connectivity index (χ1) is 9.42. The van der Waals surface area contributed by atoms with Crippen molar-refractivity contribution in [3.63, 3.8) is 0 Å². The van der Waals surface area contributed by atoms with Crippen molar-refractivity contribution in [3.05, 3.63) is 65.1 Å². The number of thiophene rings is 2. The van der Waals surface area contributed by atoms with E-state index in [2.05, 4.69) is 59.3 Å². The summed E-state index contributed by atoms with van der Waals surface area (Å²) >= 11 is 3.79. The maximum atomic E-state index is 2.29. The van der Waals surface area contributed by atoms with E-state index >= 15 is 0 Å². The van der Waals surface area contributed by atoms with Gasteiger partial charge in [-0.3, -0.25) is 0 Å². The Balaban J connectivity index is 1.82. The summed E-state index contributed by atoms with van der Waals surface area (Å²) in [6.45, 7) is 0. The number of hydrogen-bond donors (Lipinski definition) is 0. The highest BCUT2D eigenvalue weighted by Gasteiger charge is 2.24. The first-order valence-corrected chi connectivity index (χ1v) is 9.91. The third-order valence-electron chi connectivity index (χ3n) is 3.10. The molecule has 0 aliphatic heterocycles. The van der Waals surface area contributed by atoms with Crippen LogP contribution in [0.25, 0.3) is 21.5 Å². The molecule has 3 heteroatoms. The fraction of sp³-hybridized carbons (Fsp3) is 0. The van der Waals surface area contributed by atoms with Gasteiger partial charge in [-0.15, -0.1) is 0 Å². The lowest BCUT2D eigenvalue weighted by Crippen LogP contribution is -3.61. The SMILES string of the molecule is c1ccc2c([I+]c3scc4ccccc34)scc2c1. The van der Waals surface area contributed by atoms with Gasteiger partial charge in [0.25, 0.3) is 5.77 Å². The van der Waals surface area contributed by atoms with E-state index in [-0.39, 0.29) is 21.2 Å². The summed E-state index contributed by atoms with van der Waals surface area (Å²) in [5, 5.41) is 10.3. The van der Waals surface area contributed by atoms with Gasteiger partial charge in [-0.05, 0) is 22.9 Å². The van der Waals surface area contributed by atoms with E-state index in [1.54, 1.807) is 5.77 Å². The Morgan fingerprint density at radius 3 is 1.63 bits per heavy atom. The number of hydrogen-bond acceptors (Lipinski definition) is 2. The first kappa shape index (κ1) is 11.9. The van der Waals surface area contributed by atoms with Gasteiger partial charge in [0.2, 0.25) is 0 Å². The molecule has 2 aromatic carbocycles. The van der Waals surface area contributed by atoms with E-state index in [9.17, 15) is 0 Å². The van der Waals surface area contributed by atoms with E-state index in [1.165, 1.54) is 21.5 Å². The third-order valence-corrected chi connectivity index (χ3v) is 9.40. The fourth-order valence-corrected chi connectivity index (χ4v) is 8.62. The molecule has 0 aliphatic carbocycles. The predicted octanol–water partition coefficient (Wildman–Crippen LogP) is 2.24. The van der Waals surface area contributed by atoms with Crippen LogP contribution >= 0.6 is 22.7 Å². The monoisotopic (exact) mass is 393 g/mol. The van der Waals surface area contributed by atoms with Gasteiger partial charge in [0.05, 0.1) is 0 Å². The van der Waals surface area contributed by atoms with Crippen LogP contribution < -0.4 is 21.2 Å². The lowest BCUT2D eigenvalue weighted by molar-refractivity contribution is -0.580. The van der Waals surface area contributed by atoms with Crippen LogP contribution in [0, 0.1) is 5.77 Å². The normalized spacial score (nSPS) is 11.4. The summed E-state index contributed by atoms with van der Waals surface area (Å²) in [6, 6.07) is 17.5. The van der Waals surface area contributed by atoms with Crippen LogP contribution in [-0.2, 0) is 0 Å². The third kappa shape index (κ3) is 2.10. The van der Waals surface area contributed by atoms with Crippen LogP contribution in [0.15, 0.2) is 59.3 Å². The molecule has 0 fully saturated rings. The maximum absolute atomic E-state index is 2.29. The summed E-state index contributed by atoms with van der Waals surface area (Å²) in [6.07, 6.45) is 0. The van der Waals surface area contributed by atoms with Crippen molar-refractivity contribution in [2.75, 3.05) is 0 Å². The van der Waals surface area contributed by atoms with Crippen LogP contribution in [0.4, 0.5) is 0 Å². The Hall–Kier alpha value is -0.910. The quantitative estimate of drug-likeness (QED) is 0.459. The van der Waals surface area contributed by atoms with E-state index in [0.717, 1.165) is 0 Å². The molecule has 19 heavy (non-hydrogen) atoms. The number of benzene rings is 2. The van der Waals surface area contributed by atoms with Crippen molar-refractivity contribution in [2.45, 2.75) is 0 Å². The smallest absolute Gasteiger partial charge is 0.0950 e. The van der Waals surface area contributed by atoms with E-state index in [4.69, 9.17) is 0 Å². The zero-order chi connectivity index (χ0) is 12.7. The highest BCUT2D eigenvalue weighted by atomic mass is 127. The summed E-state index contributed by atoms with van der Waals surface area (Å²) in [7, 11) is 0. The molecule has 0 N–H and O–H groups in total. The minimum atomic E-state index is -0.0635. The largest absolute Gasteiger partial charge is 0.383 e. The van der Waals surface area contributed by atoms with Crippen LogP contribution in [0.5, 0.6) is 0 Å². The average molecular weight is 393 g/mol. The maximum Gasteiger partial charge on any atom is 0.383 e. The molecule has 0 amide bonds. The topological polar surface area (TPSA) is 0 Å². The molecular formula is C16H10IS2+. The average Bonchev–Trinajstić information content (AvgIpc) is 3.05. The Morgan fingerprint density at radius 2 is 1.11 bits per heavy atom. The molecule has 0 saturated heterocycles. The molecule has 4 aromatic rings. The van der Waals surface area contributed by atoms with Gasteiger partial charge >= 0.3 is 21.2 Å². The summed E-state index contributed by atoms with van der Waals surface area (Å²) < 4.78 is 3.17. The Labute approximate surface area is 130 Å². The van der Waals surface area contributed by atoms with Gasteiger partial charge in [0.1, 0.15) is 0 Å². The molecule has 0 bridgehead atoms. The molecule has 4 rings (SSSR count). The van der Waals surface area contributed by atoms with Gasteiger partial charge in [-0.1, -0.05) is 59.1 Å². The number of fused-ring (bicyclic) bond motifs is 2. The summed E-state index contributed by atoms with van der Waals surface area (Å²) in [5.74, 6) is 0. The van der Waals surface area contributed by atoms with E-state index < -0.39 is 0 Å². The second kappa shape index (κ2) is 4.89. The van der Waals surface area contributed by atoms with E-state index in [0.29, 0.717) is 0 Å². The number of rotatable bonds is 2. The molecule has 0 spiro atoms. The van der Waals surface area contributed by atoms with Crippen molar-refractivity contribution in [3.8, 4) is 0 Å². The number of halogens is 1. The molecule has 2 heterocycles. The van der Waals surface area contributed by atoms with Crippen molar-refractivity contribution in [1.29, 1.82) is 0 Å². The standard InChI is InChI=1S/C16H10IS2/c1-3-7-13-11(5-1)9-18-15(13)17-16-14-8-4-2-6-12(14)10-19-16/h1-10H/q+1. The van der Waals surface area contributed by atoms with E-state index in [1.807, 2.05) is 22.7 Å². The Kier molecular flexibility index (Phi) is 3.06. The molecule has 0 nitrogen and oxygen atoms in total. The molecule has 0 aliphatic rings. The van der Waals surface area contributed by atoms with Gasteiger partial charge in [0, 0.05) is 21.5 Å². The molecule has 0 radical (unpaired) electrons. The Morgan fingerprint density at radius 1 is 0.632 bits per heavy atom.